The van der Waals surface area contributed by atoms with Crippen molar-refractivity contribution in [2.24, 2.45) is 0 Å². The largest absolute Gasteiger partial charge is 0.368 e. The van der Waals surface area contributed by atoms with E-state index in [2.05, 4.69) is 28.4 Å². The van der Waals surface area contributed by atoms with Gasteiger partial charge in [0.25, 0.3) is 0 Å². The molecule has 6 heteroatoms. The minimum absolute atomic E-state index is 0.307. The molecule has 0 spiro atoms. The Bertz CT molecular complexity index is 505. The van der Waals surface area contributed by atoms with Crippen molar-refractivity contribution in [3.63, 3.8) is 0 Å². The van der Waals surface area contributed by atoms with Gasteiger partial charge in [-0.25, -0.2) is 9.99 Å². The number of rotatable bonds is 3. The second kappa shape index (κ2) is 4.23. The lowest BCUT2D eigenvalue weighted by molar-refractivity contribution is 0.493. The number of aromatic nitrogens is 2. The average molecular weight is 237 g/mol. The number of thiophene rings is 1. The van der Waals surface area contributed by atoms with E-state index in [1.807, 2.05) is 19.1 Å². The van der Waals surface area contributed by atoms with Crippen molar-refractivity contribution in [3.05, 3.63) is 10.9 Å². The number of anilines is 2. The van der Waals surface area contributed by atoms with Crippen LogP contribution in [0.3, 0.4) is 0 Å². The van der Waals surface area contributed by atoms with Gasteiger partial charge in [-0.1, -0.05) is 6.92 Å². The van der Waals surface area contributed by atoms with Gasteiger partial charge < -0.3 is 11.2 Å². The van der Waals surface area contributed by atoms with Crippen LogP contribution in [-0.4, -0.2) is 29.1 Å². The number of nitrogens with zero attached hydrogens (tertiary/aromatic N) is 3. The summed E-state index contributed by atoms with van der Waals surface area (Å²) in [6.45, 7) is 2.13. The summed E-state index contributed by atoms with van der Waals surface area (Å²) in [5, 5.41) is 2.87. The summed E-state index contributed by atoms with van der Waals surface area (Å²) >= 11 is 1.66. The highest BCUT2D eigenvalue weighted by Crippen LogP contribution is 2.29. The molecule has 2 aromatic heterocycles. The Morgan fingerprint density at radius 1 is 1.44 bits per heavy atom. The summed E-state index contributed by atoms with van der Waals surface area (Å²) in [5.41, 5.74) is 8.81. The fourth-order valence-electron chi connectivity index (χ4n) is 1.46. The van der Waals surface area contributed by atoms with Gasteiger partial charge in [-0.2, -0.15) is 4.98 Å². The van der Waals surface area contributed by atoms with Gasteiger partial charge in [0.15, 0.2) is 5.82 Å². The van der Waals surface area contributed by atoms with Crippen LogP contribution in [0.1, 0.15) is 11.8 Å². The predicted octanol–water partition coefficient (Wildman–Crippen LogP) is 1.72. The van der Waals surface area contributed by atoms with Crippen LogP contribution in [0.25, 0.3) is 10.2 Å². The number of aryl methyl sites for hydroxylation is 1. The zero-order chi connectivity index (χ0) is 11.7. The molecular formula is C10H15N5S. The Balaban J connectivity index is 2.56. The van der Waals surface area contributed by atoms with E-state index in [0.717, 1.165) is 22.5 Å². The molecule has 3 N–H and O–H groups in total. The summed E-state index contributed by atoms with van der Waals surface area (Å²) in [4.78, 5) is 10.7. The van der Waals surface area contributed by atoms with Crippen LogP contribution in [0, 0.1) is 0 Å². The molecule has 0 aliphatic rings. The van der Waals surface area contributed by atoms with Gasteiger partial charge in [0.1, 0.15) is 4.83 Å². The normalized spacial score (nSPS) is 11.2. The molecule has 0 aromatic carbocycles. The lowest BCUT2D eigenvalue weighted by Crippen LogP contribution is -2.20. The summed E-state index contributed by atoms with van der Waals surface area (Å²) in [6, 6.07) is 2.12. The summed E-state index contributed by atoms with van der Waals surface area (Å²) < 4.78 is 0. The van der Waals surface area contributed by atoms with Crippen LogP contribution in [-0.2, 0) is 6.42 Å². The Morgan fingerprint density at radius 2 is 2.19 bits per heavy atom. The number of nitrogen functional groups attached to an aromatic ring is 1. The Morgan fingerprint density at radius 3 is 2.81 bits per heavy atom. The van der Waals surface area contributed by atoms with Crippen LogP contribution in [0.5, 0.6) is 0 Å². The second-order valence-electron chi connectivity index (χ2n) is 3.72. The first-order valence-electron chi connectivity index (χ1n) is 5.10. The van der Waals surface area contributed by atoms with Crippen LogP contribution in [0.4, 0.5) is 11.8 Å². The summed E-state index contributed by atoms with van der Waals surface area (Å²) in [6.07, 6.45) is 1.00. The van der Waals surface area contributed by atoms with E-state index in [1.165, 1.54) is 4.88 Å². The van der Waals surface area contributed by atoms with Crippen molar-refractivity contribution < 1.29 is 0 Å². The maximum absolute atomic E-state index is 5.68. The van der Waals surface area contributed by atoms with Gasteiger partial charge >= 0.3 is 0 Å². The standard InChI is InChI=1S/C10H15N5S/c1-4-6-5-7-8(14-15(2)3)12-10(11)13-9(7)16-6/h5H,4H2,1-3H3,(H3,11,12,13,14). The summed E-state index contributed by atoms with van der Waals surface area (Å²) in [7, 11) is 3.83. The third-order valence-corrected chi connectivity index (χ3v) is 3.31. The van der Waals surface area contributed by atoms with Crippen molar-refractivity contribution in [1.29, 1.82) is 0 Å². The quantitative estimate of drug-likeness (QED) is 0.796. The summed E-state index contributed by atoms with van der Waals surface area (Å²) in [5.74, 6) is 1.07. The smallest absolute Gasteiger partial charge is 0.223 e. The minimum Gasteiger partial charge on any atom is -0.368 e. The Labute approximate surface area is 98.3 Å². The van der Waals surface area contributed by atoms with E-state index in [0.29, 0.717) is 5.95 Å². The van der Waals surface area contributed by atoms with Crippen molar-refractivity contribution in [2.75, 3.05) is 25.3 Å². The number of hydrogen-bond donors (Lipinski definition) is 2. The first-order chi connectivity index (χ1) is 7.60. The molecule has 0 bridgehead atoms. The fourth-order valence-corrected chi connectivity index (χ4v) is 2.43. The van der Waals surface area contributed by atoms with E-state index < -0.39 is 0 Å². The molecule has 0 fully saturated rings. The Kier molecular flexibility index (Phi) is 2.93. The van der Waals surface area contributed by atoms with Gasteiger partial charge in [-0.3, -0.25) is 0 Å². The lowest BCUT2D eigenvalue weighted by Gasteiger charge is -2.13. The van der Waals surface area contributed by atoms with E-state index in [1.54, 1.807) is 11.3 Å². The molecule has 0 atom stereocenters. The molecule has 2 heterocycles. The van der Waals surface area contributed by atoms with Crippen molar-refractivity contribution in [2.45, 2.75) is 13.3 Å². The third-order valence-electron chi connectivity index (χ3n) is 2.14. The van der Waals surface area contributed by atoms with Gasteiger partial charge in [-0.05, 0) is 12.5 Å². The van der Waals surface area contributed by atoms with E-state index in [9.17, 15) is 0 Å². The van der Waals surface area contributed by atoms with Crippen molar-refractivity contribution >= 4 is 33.3 Å². The molecule has 0 saturated heterocycles. The molecule has 5 nitrogen and oxygen atoms in total. The topological polar surface area (TPSA) is 67.1 Å². The zero-order valence-corrected chi connectivity index (χ0v) is 10.4. The van der Waals surface area contributed by atoms with Crippen LogP contribution < -0.4 is 11.2 Å². The molecule has 0 aliphatic carbocycles. The molecule has 86 valence electrons. The Hall–Kier alpha value is -1.40. The molecule has 2 rings (SSSR count). The van der Waals surface area contributed by atoms with E-state index >= 15 is 0 Å². The highest BCUT2D eigenvalue weighted by molar-refractivity contribution is 7.18. The van der Waals surface area contributed by atoms with Gasteiger partial charge in [0.2, 0.25) is 5.95 Å². The fraction of sp³-hybridized carbons (Fsp3) is 0.400. The number of nitrogens with two attached hydrogens (primary N) is 1. The number of fused-ring (bicyclic) bond motifs is 1. The number of hydrazine groups is 1. The first kappa shape index (κ1) is 11.1. The van der Waals surface area contributed by atoms with Crippen molar-refractivity contribution in [1.82, 2.24) is 15.0 Å². The number of nitrogens with one attached hydrogen (secondary N) is 1. The maximum Gasteiger partial charge on any atom is 0.223 e. The van der Waals surface area contributed by atoms with Crippen LogP contribution in [0.2, 0.25) is 0 Å². The average Bonchev–Trinajstić information content (AvgIpc) is 2.59. The molecular weight excluding hydrogens is 222 g/mol. The molecule has 0 saturated carbocycles. The number of hydrogen-bond acceptors (Lipinski definition) is 6. The highest BCUT2D eigenvalue weighted by atomic mass is 32.1. The first-order valence-corrected chi connectivity index (χ1v) is 5.91. The van der Waals surface area contributed by atoms with Crippen molar-refractivity contribution in [3.8, 4) is 0 Å². The molecule has 0 aliphatic heterocycles. The third kappa shape index (κ3) is 2.07. The zero-order valence-electron chi connectivity index (χ0n) is 9.61. The van der Waals surface area contributed by atoms with Gasteiger partial charge in [0, 0.05) is 19.0 Å². The molecule has 2 aromatic rings. The molecule has 0 unspecified atom stereocenters. The monoisotopic (exact) mass is 237 g/mol. The highest BCUT2D eigenvalue weighted by Gasteiger charge is 2.10. The molecule has 0 amide bonds. The molecule has 16 heavy (non-hydrogen) atoms. The van der Waals surface area contributed by atoms with Gasteiger partial charge in [-0.15, -0.1) is 11.3 Å². The lowest BCUT2D eigenvalue weighted by atomic mass is 10.3. The maximum atomic E-state index is 5.68. The SMILES string of the molecule is CCc1cc2c(NN(C)C)nc(N)nc2s1. The second-order valence-corrected chi connectivity index (χ2v) is 4.84. The van der Waals surface area contributed by atoms with E-state index in [-0.39, 0.29) is 0 Å². The minimum atomic E-state index is 0.307. The van der Waals surface area contributed by atoms with E-state index in [4.69, 9.17) is 5.73 Å². The van der Waals surface area contributed by atoms with Crippen LogP contribution in [0.15, 0.2) is 6.07 Å². The van der Waals surface area contributed by atoms with Gasteiger partial charge in [0.05, 0.1) is 5.39 Å². The predicted molar refractivity (Wildman–Crippen MR) is 68.5 cm³/mol. The molecule has 0 radical (unpaired) electrons. The van der Waals surface area contributed by atoms with Crippen LogP contribution >= 0.6 is 11.3 Å².